The van der Waals surface area contributed by atoms with Gasteiger partial charge in [0, 0.05) is 6.54 Å². The summed E-state index contributed by atoms with van der Waals surface area (Å²) in [7, 11) is 0. The van der Waals surface area contributed by atoms with Crippen LogP contribution in [0.15, 0.2) is 0 Å². The second kappa shape index (κ2) is 2.67. The summed E-state index contributed by atoms with van der Waals surface area (Å²) < 4.78 is 0. The maximum absolute atomic E-state index is 10.3. The lowest BCUT2D eigenvalue weighted by Gasteiger charge is -1.99. The molecule has 0 aliphatic carbocycles. The highest BCUT2D eigenvalue weighted by molar-refractivity contribution is 5.73. The minimum atomic E-state index is -0.863. The van der Waals surface area contributed by atoms with E-state index < -0.39 is 12.0 Å². The quantitative estimate of drug-likeness (QED) is 0.518. The van der Waals surface area contributed by atoms with Crippen molar-refractivity contribution in [3.63, 3.8) is 0 Å². The summed E-state index contributed by atoms with van der Waals surface area (Å²) in [6.45, 7) is 0.507. The van der Waals surface area contributed by atoms with Gasteiger partial charge >= 0.3 is 5.97 Å². The van der Waals surface area contributed by atoms with E-state index in [1.807, 2.05) is 6.07 Å². The minimum Gasteiger partial charge on any atom is -0.480 e. The lowest BCUT2D eigenvalue weighted by Crippen LogP contribution is -2.29. The standard InChI is InChI=1S/C6H8N2O2/c7-2-4-1-5(6(9)10)8-3-4/h4-5,8H,1,3H2,(H,9,10)/t4-,5+/m1/s1. The predicted molar refractivity (Wildman–Crippen MR) is 33.1 cm³/mol. The second-order valence-corrected chi connectivity index (χ2v) is 2.36. The van der Waals surface area contributed by atoms with Gasteiger partial charge in [-0.1, -0.05) is 0 Å². The number of nitrogens with zero attached hydrogens (tertiary/aromatic N) is 1. The molecule has 0 spiro atoms. The SMILES string of the molecule is N#C[C@@H]1CN[C@H](C(=O)O)C1. The average molecular weight is 140 g/mol. The maximum atomic E-state index is 10.3. The number of hydrogen-bond acceptors (Lipinski definition) is 3. The first-order chi connectivity index (χ1) is 4.74. The van der Waals surface area contributed by atoms with Gasteiger partial charge in [0.25, 0.3) is 0 Å². The average Bonchev–Trinajstić information content (AvgIpc) is 2.34. The van der Waals surface area contributed by atoms with E-state index in [0.717, 1.165) is 0 Å². The number of rotatable bonds is 1. The number of carboxylic acid groups (broad SMARTS) is 1. The third-order valence-electron chi connectivity index (χ3n) is 1.61. The molecule has 0 aromatic rings. The zero-order valence-electron chi connectivity index (χ0n) is 5.37. The lowest BCUT2D eigenvalue weighted by atomic mass is 10.1. The molecular weight excluding hydrogens is 132 g/mol. The Balaban J connectivity index is 2.45. The molecular formula is C6H8N2O2. The Bertz CT molecular complexity index is 185. The summed E-state index contributed by atoms with van der Waals surface area (Å²) in [5.41, 5.74) is 0. The second-order valence-electron chi connectivity index (χ2n) is 2.36. The molecule has 0 bridgehead atoms. The van der Waals surface area contributed by atoms with Crippen molar-refractivity contribution in [2.24, 2.45) is 5.92 Å². The third kappa shape index (κ3) is 1.25. The largest absolute Gasteiger partial charge is 0.480 e. The Morgan fingerprint density at radius 1 is 1.80 bits per heavy atom. The van der Waals surface area contributed by atoms with E-state index in [0.29, 0.717) is 13.0 Å². The first kappa shape index (κ1) is 7.03. The van der Waals surface area contributed by atoms with Crippen LogP contribution in [0.5, 0.6) is 0 Å². The van der Waals surface area contributed by atoms with E-state index in [1.54, 1.807) is 0 Å². The Hall–Kier alpha value is -1.08. The Kier molecular flexibility index (Phi) is 1.88. The number of carbonyl (C=O) groups is 1. The molecule has 0 radical (unpaired) electrons. The molecule has 4 nitrogen and oxygen atoms in total. The Morgan fingerprint density at radius 3 is 2.80 bits per heavy atom. The van der Waals surface area contributed by atoms with E-state index in [-0.39, 0.29) is 5.92 Å². The van der Waals surface area contributed by atoms with Crippen LogP contribution in [-0.2, 0) is 4.79 Å². The molecule has 54 valence electrons. The third-order valence-corrected chi connectivity index (χ3v) is 1.61. The van der Waals surface area contributed by atoms with E-state index in [1.165, 1.54) is 0 Å². The lowest BCUT2D eigenvalue weighted by molar-refractivity contribution is -0.139. The molecule has 0 amide bonds. The van der Waals surface area contributed by atoms with Gasteiger partial charge in [-0.2, -0.15) is 5.26 Å². The van der Waals surface area contributed by atoms with Crippen molar-refractivity contribution >= 4 is 5.97 Å². The summed E-state index contributed by atoms with van der Waals surface area (Å²) in [5, 5.41) is 19.6. The van der Waals surface area contributed by atoms with Gasteiger partial charge in [-0.25, -0.2) is 0 Å². The molecule has 2 atom stereocenters. The van der Waals surface area contributed by atoms with Gasteiger partial charge in [-0.05, 0) is 6.42 Å². The predicted octanol–water partition coefficient (Wildman–Crippen LogP) is -0.427. The number of nitrogens with one attached hydrogen (secondary N) is 1. The van der Waals surface area contributed by atoms with Gasteiger partial charge in [0.2, 0.25) is 0 Å². The molecule has 1 aliphatic heterocycles. The zero-order chi connectivity index (χ0) is 7.56. The summed E-state index contributed by atoms with van der Waals surface area (Å²) in [6, 6.07) is 1.51. The van der Waals surface area contributed by atoms with Crippen LogP contribution in [0, 0.1) is 17.2 Å². The van der Waals surface area contributed by atoms with Crippen molar-refractivity contribution in [3.8, 4) is 6.07 Å². The number of carboxylic acids is 1. The van der Waals surface area contributed by atoms with Crippen molar-refractivity contribution in [3.05, 3.63) is 0 Å². The van der Waals surface area contributed by atoms with Crippen LogP contribution in [0.25, 0.3) is 0 Å². The summed E-state index contributed by atoms with van der Waals surface area (Å²) in [5.74, 6) is -0.987. The fourth-order valence-corrected chi connectivity index (χ4v) is 1.02. The van der Waals surface area contributed by atoms with Crippen LogP contribution in [-0.4, -0.2) is 23.7 Å². The van der Waals surface area contributed by atoms with Crippen molar-refractivity contribution in [2.45, 2.75) is 12.5 Å². The van der Waals surface area contributed by atoms with Crippen LogP contribution < -0.4 is 5.32 Å². The normalized spacial score (nSPS) is 31.5. The highest BCUT2D eigenvalue weighted by Crippen LogP contribution is 2.12. The number of aliphatic carboxylic acids is 1. The van der Waals surface area contributed by atoms with Crippen LogP contribution >= 0.6 is 0 Å². The summed E-state index contributed by atoms with van der Waals surface area (Å²) in [4.78, 5) is 10.3. The molecule has 1 saturated heterocycles. The van der Waals surface area contributed by atoms with E-state index >= 15 is 0 Å². The van der Waals surface area contributed by atoms with Crippen molar-refractivity contribution in [1.82, 2.24) is 5.32 Å². The molecule has 10 heavy (non-hydrogen) atoms. The van der Waals surface area contributed by atoms with Gasteiger partial charge in [-0.3, -0.25) is 4.79 Å². The van der Waals surface area contributed by atoms with Crippen LogP contribution in [0.4, 0.5) is 0 Å². The topological polar surface area (TPSA) is 73.1 Å². The van der Waals surface area contributed by atoms with Crippen LogP contribution in [0.1, 0.15) is 6.42 Å². The molecule has 0 saturated carbocycles. The van der Waals surface area contributed by atoms with Gasteiger partial charge in [0.05, 0.1) is 12.0 Å². The van der Waals surface area contributed by atoms with E-state index in [2.05, 4.69) is 5.32 Å². The highest BCUT2D eigenvalue weighted by atomic mass is 16.4. The first-order valence-electron chi connectivity index (χ1n) is 3.10. The van der Waals surface area contributed by atoms with Crippen molar-refractivity contribution in [2.75, 3.05) is 6.54 Å². The van der Waals surface area contributed by atoms with Gasteiger partial charge in [0.15, 0.2) is 0 Å². The molecule has 0 unspecified atom stereocenters. The maximum Gasteiger partial charge on any atom is 0.320 e. The number of hydrogen-bond donors (Lipinski definition) is 2. The molecule has 0 aromatic carbocycles. The molecule has 1 rings (SSSR count). The molecule has 1 fully saturated rings. The van der Waals surface area contributed by atoms with Crippen molar-refractivity contribution < 1.29 is 9.90 Å². The highest BCUT2D eigenvalue weighted by Gasteiger charge is 2.28. The first-order valence-corrected chi connectivity index (χ1v) is 3.10. The molecule has 1 aliphatic rings. The summed E-state index contributed by atoms with van der Waals surface area (Å²) in [6.07, 6.45) is 0.436. The fraction of sp³-hybridized carbons (Fsp3) is 0.667. The van der Waals surface area contributed by atoms with E-state index in [9.17, 15) is 4.79 Å². The van der Waals surface area contributed by atoms with Gasteiger partial charge < -0.3 is 10.4 Å². The smallest absolute Gasteiger partial charge is 0.320 e. The van der Waals surface area contributed by atoms with Gasteiger partial charge in [-0.15, -0.1) is 0 Å². The van der Waals surface area contributed by atoms with Crippen molar-refractivity contribution in [1.29, 1.82) is 5.26 Å². The molecule has 0 aromatic heterocycles. The van der Waals surface area contributed by atoms with E-state index in [4.69, 9.17) is 10.4 Å². The van der Waals surface area contributed by atoms with Gasteiger partial charge in [0.1, 0.15) is 6.04 Å². The zero-order valence-corrected chi connectivity index (χ0v) is 5.37. The monoisotopic (exact) mass is 140 g/mol. The Morgan fingerprint density at radius 2 is 2.50 bits per heavy atom. The molecule has 2 N–H and O–H groups in total. The molecule has 4 heteroatoms. The van der Waals surface area contributed by atoms with Crippen LogP contribution in [0.2, 0.25) is 0 Å². The van der Waals surface area contributed by atoms with Crippen LogP contribution in [0.3, 0.4) is 0 Å². The summed E-state index contributed by atoms with van der Waals surface area (Å²) >= 11 is 0. The minimum absolute atomic E-state index is 0.124. The number of nitriles is 1. The molecule has 1 heterocycles. The Labute approximate surface area is 58.5 Å². The fourth-order valence-electron chi connectivity index (χ4n) is 1.02.